The first-order valence-corrected chi connectivity index (χ1v) is 5.72. The molecule has 16 heavy (non-hydrogen) atoms. The van der Waals surface area contributed by atoms with Crippen molar-refractivity contribution in [1.82, 2.24) is 4.90 Å². The second-order valence-electron chi connectivity index (χ2n) is 4.33. The van der Waals surface area contributed by atoms with Crippen LogP contribution in [0.15, 0.2) is 30.3 Å². The number of β-amino-alcohol motifs (C(OH)–C–C–N with tert-alkyl or cyclic N) is 1. The van der Waals surface area contributed by atoms with E-state index >= 15 is 0 Å². The van der Waals surface area contributed by atoms with Crippen LogP contribution in [0.5, 0.6) is 0 Å². The van der Waals surface area contributed by atoms with Crippen molar-refractivity contribution < 1.29 is 5.11 Å². The number of hydrogen-bond donors (Lipinski definition) is 1. The minimum Gasteiger partial charge on any atom is -0.392 e. The fourth-order valence-electron chi connectivity index (χ4n) is 2.20. The molecule has 0 aliphatic carbocycles. The van der Waals surface area contributed by atoms with E-state index < -0.39 is 0 Å². The van der Waals surface area contributed by atoms with Crippen LogP contribution in [0.1, 0.15) is 18.4 Å². The molecule has 1 heterocycles. The molecule has 0 bridgehead atoms. The summed E-state index contributed by atoms with van der Waals surface area (Å²) in [6.45, 7) is 1.51. The summed E-state index contributed by atoms with van der Waals surface area (Å²) in [5, 5.41) is 9.66. The lowest BCUT2D eigenvalue weighted by Gasteiger charge is -2.35. The maximum Gasteiger partial charge on any atom is 0.0716 e. The molecular formula is C14H17NO. The average Bonchev–Trinajstić information content (AvgIpc) is 2.31. The van der Waals surface area contributed by atoms with Gasteiger partial charge in [-0.2, -0.15) is 0 Å². The molecule has 0 spiro atoms. The van der Waals surface area contributed by atoms with Gasteiger partial charge >= 0.3 is 0 Å². The quantitative estimate of drug-likeness (QED) is 0.758. The lowest BCUT2D eigenvalue weighted by atomic mass is 10.00. The van der Waals surface area contributed by atoms with Crippen molar-refractivity contribution in [2.45, 2.75) is 31.5 Å². The van der Waals surface area contributed by atoms with Crippen LogP contribution in [0.2, 0.25) is 0 Å². The third-order valence-electron chi connectivity index (χ3n) is 3.08. The monoisotopic (exact) mass is 215 g/mol. The Labute approximate surface area is 96.9 Å². The third kappa shape index (κ3) is 2.63. The molecule has 1 saturated heterocycles. The van der Waals surface area contributed by atoms with Crippen LogP contribution in [0.25, 0.3) is 0 Å². The highest BCUT2D eigenvalue weighted by Gasteiger charge is 2.25. The van der Waals surface area contributed by atoms with Crippen molar-refractivity contribution in [1.29, 1.82) is 0 Å². The molecular weight excluding hydrogens is 198 g/mol. The van der Waals surface area contributed by atoms with Gasteiger partial charge in [0.1, 0.15) is 0 Å². The van der Waals surface area contributed by atoms with E-state index in [1.165, 1.54) is 5.56 Å². The molecule has 1 aliphatic rings. The Bertz CT molecular complexity index is 368. The predicted molar refractivity (Wildman–Crippen MR) is 64.7 cm³/mol. The van der Waals surface area contributed by atoms with E-state index in [0.717, 1.165) is 19.4 Å². The molecule has 2 heteroatoms. The van der Waals surface area contributed by atoms with E-state index in [1.54, 1.807) is 0 Å². The lowest BCUT2D eigenvalue weighted by Crippen LogP contribution is -2.44. The molecule has 1 aliphatic heterocycles. The Morgan fingerprint density at radius 3 is 2.75 bits per heavy atom. The SMILES string of the molecule is C#CC1CCC(O)CN1Cc1ccccc1. The van der Waals surface area contributed by atoms with Crippen LogP contribution < -0.4 is 0 Å². The zero-order chi connectivity index (χ0) is 11.4. The number of rotatable bonds is 2. The van der Waals surface area contributed by atoms with Crippen LogP contribution in [0.3, 0.4) is 0 Å². The van der Waals surface area contributed by atoms with Gasteiger partial charge in [0.15, 0.2) is 0 Å². The van der Waals surface area contributed by atoms with Gasteiger partial charge in [0.25, 0.3) is 0 Å². The summed E-state index contributed by atoms with van der Waals surface area (Å²) < 4.78 is 0. The molecule has 2 atom stereocenters. The number of benzene rings is 1. The van der Waals surface area contributed by atoms with Crippen LogP contribution >= 0.6 is 0 Å². The molecule has 1 aromatic rings. The standard InChI is InChI=1S/C14H17NO/c1-2-13-8-9-14(16)11-15(13)10-12-6-4-3-5-7-12/h1,3-7,13-14,16H,8-11H2. The molecule has 2 unspecified atom stereocenters. The van der Waals surface area contributed by atoms with Crippen molar-refractivity contribution in [2.75, 3.05) is 6.54 Å². The van der Waals surface area contributed by atoms with Gasteiger partial charge in [-0.15, -0.1) is 6.42 Å². The maximum absolute atomic E-state index is 9.66. The normalized spacial score (nSPS) is 26.2. The number of aliphatic hydroxyl groups excluding tert-OH is 1. The van der Waals surface area contributed by atoms with Crippen LogP contribution in [0, 0.1) is 12.3 Å². The second kappa shape index (κ2) is 5.16. The Morgan fingerprint density at radius 1 is 1.31 bits per heavy atom. The summed E-state index contributed by atoms with van der Waals surface area (Å²) in [7, 11) is 0. The third-order valence-corrected chi connectivity index (χ3v) is 3.08. The number of terminal acetylenes is 1. The van der Waals surface area contributed by atoms with E-state index in [2.05, 4.69) is 23.0 Å². The largest absolute Gasteiger partial charge is 0.392 e. The first-order chi connectivity index (χ1) is 7.79. The van der Waals surface area contributed by atoms with Gasteiger partial charge in [-0.1, -0.05) is 36.3 Å². The van der Waals surface area contributed by atoms with E-state index in [-0.39, 0.29) is 12.1 Å². The highest BCUT2D eigenvalue weighted by Crippen LogP contribution is 2.19. The number of piperidine rings is 1. The van der Waals surface area contributed by atoms with E-state index in [4.69, 9.17) is 6.42 Å². The lowest BCUT2D eigenvalue weighted by molar-refractivity contribution is 0.0481. The molecule has 2 rings (SSSR count). The average molecular weight is 215 g/mol. The van der Waals surface area contributed by atoms with Crippen LogP contribution in [0.4, 0.5) is 0 Å². The smallest absolute Gasteiger partial charge is 0.0716 e. The first kappa shape index (κ1) is 11.2. The molecule has 0 amide bonds. The number of nitrogens with zero attached hydrogens (tertiary/aromatic N) is 1. The fourth-order valence-corrected chi connectivity index (χ4v) is 2.20. The van der Waals surface area contributed by atoms with E-state index in [1.807, 2.05) is 18.2 Å². The summed E-state index contributed by atoms with van der Waals surface area (Å²) >= 11 is 0. The zero-order valence-corrected chi connectivity index (χ0v) is 9.34. The summed E-state index contributed by atoms with van der Waals surface area (Å²) in [6.07, 6.45) is 7.00. The van der Waals surface area contributed by atoms with Crippen molar-refractivity contribution in [2.24, 2.45) is 0 Å². The van der Waals surface area contributed by atoms with Crippen molar-refractivity contribution >= 4 is 0 Å². The first-order valence-electron chi connectivity index (χ1n) is 5.72. The van der Waals surface area contributed by atoms with Gasteiger partial charge in [-0.3, -0.25) is 4.90 Å². The highest BCUT2D eigenvalue weighted by atomic mass is 16.3. The topological polar surface area (TPSA) is 23.5 Å². The summed E-state index contributed by atoms with van der Waals surface area (Å²) in [5.41, 5.74) is 1.25. The van der Waals surface area contributed by atoms with Gasteiger partial charge in [-0.25, -0.2) is 0 Å². The highest BCUT2D eigenvalue weighted by molar-refractivity contribution is 5.15. The molecule has 0 saturated carbocycles. The zero-order valence-electron chi connectivity index (χ0n) is 9.34. The Morgan fingerprint density at radius 2 is 2.06 bits per heavy atom. The van der Waals surface area contributed by atoms with Crippen molar-refractivity contribution in [3.63, 3.8) is 0 Å². The summed E-state index contributed by atoms with van der Waals surface area (Å²) in [5.74, 6) is 2.81. The van der Waals surface area contributed by atoms with Gasteiger partial charge < -0.3 is 5.11 Å². The second-order valence-corrected chi connectivity index (χ2v) is 4.33. The minimum absolute atomic E-state index is 0.170. The van der Waals surface area contributed by atoms with Crippen LogP contribution in [-0.4, -0.2) is 28.7 Å². The van der Waals surface area contributed by atoms with Crippen molar-refractivity contribution in [3.05, 3.63) is 35.9 Å². The molecule has 1 N–H and O–H groups in total. The predicted octanol–water partition coefficient (Wildman–Crippen LogP) is 1.65. The fraction of sp³-hybridized carbons (Fsp3) is 0.429. The Hall–Kier alpha value is -1.30. The number of likely N-dealkylation sites (tertiary alicyclic amines) is 1. The Balaban J connectivity index is 2.04. The van der Waals surface area contributed by atoms with Gasteiger partial charge in [0, 0.05) is 13.1 Å². The Kier molecular flexibility index (Phi) is 3.61. The van der Waals surface area contributed by atoms with Crippen LogP contribution in [-0.2, 0) is 6.54 Å². The molecule has 0 radical (unpaired) electrons. The maximum atomic E-state index is 9.66. The van der Waals surface area contributed by atoms with Gasteiger partial charge in [-0.05, 0) is 18.4 Å². The number of hydrogen-bond acceptors (Lipinski definition) is 2. The van der Waals surface area contributed by atoms with E-state index in [0.29, 0.717) is 6.54 Å². The molecule has 84 valence electrons. The summed E-state index contributed by atoms with van der Waals surface area (Å²) in [6, 6.07) is 10.4. The molecule has 0 aromatic heterocycles. The van der Waals surface area contributed by atoms with Gasteiger partial charge in [0.05, 0.1) is 12.1 Å². The van der Waals surface area contributed by atoms with Crippen molar-refractivity contribution in [3.8, 4) is 12.3 Å². The minimum atomic E-state index is -0.228. The number of aliphatic hydroxyl groups is 1. The van der Waals surface area contributed by atoms with Gasteiger partial charge in [0.2, 0.25) is 0 Å². The molecule has 1 aromatic carbocycles. The molecule has 1 fully saturated rings. The molecule has 2 nitrogen and oxygen atoms in total. The summed E-state index contributed by atoms with van der Waals surface area (Å²) in [4.78, 5) is 2.18. The van der Waals surface area contributed by atoms with E-state index in [9.17, 15) is 5.11 Å².